The van der Waals surface area contributed by atoms with Crippen molar-refractivity contribution < 1.29 is 14.3 Å². The zero-order valence-corrected chi connectivity index (χ0v) is 24.4. The Morgan fingerprint density at radius 3 is 1.61 bits per heavy atom. The number of esters is 1. The molecule has 212 valence electrons. The minimum Gasteiger partial charge on any atom is -0.489 e. The summed E-state index contributed by atoms with van der Waals surface area (Å²) in [4.78, 5) is 12.3. The molecule has 1 unspecified atom stereocenters. The second kappa shape index (κ2) is 21.6. The third-order valence-electron chi connectivity index (χ3n) is 7.39. The quantitative estimate of drug-likeness (QED) is 0.107. The molecule has 0 amide bonds. The molecule has 0 saturated heterocycles. The van der Waals surface area contributed by atoms with Crippen LogP contribution in [0.3, 0.4) is 0 Å². The van der Waals surface area contributed by atoms with Gasteiger partial charge in [-0.05, 0) is 36.6 Å². The summed E-state index contributed by atoms with van der Waals surface area (Å²) in [6.07, 6.45) is 23.1. The van der Waals surface area contributed by atoms with Crippen LogP contribution in [0.2, 0.25) is 0 Å². The predicted molar refractivity (Wildman–Crippen MR) is 161 cm³/mol. The second-order valence-electron chi connectivity index (χ2n) is 10.9. The first kappa shape index (κ1) is 31.9. The zero-order valence-electron chi connectivity index (χ0n) is 24.4. The monoisotopic (exact) mass is 522 g/mol. The van der Waals surface area contributed by atoms with Crippen LogP contribution in [0.25, 0.3) is 0 Å². The Hall–Kier alpha value is -2.29. The van der Waals surface area contributed by atoms with E-state index < -0.39 is 0 Å². The first-order valence-electron chi connectivity index (χ1n) is 15.6. The van der Waals surface area contributed by atoms with Crippen molar-refractivity contribution in [3.63, 3.8) is 0 Å². The summed E-state index contributed by atoms with van der Waals surface area (Å²) in [6.45, 7) is 4.77. The van der Waals surface area contributed by atoms with Crippen LogP contribution in [-0.2, 0) is 16.1 Å². The van der Waals surface area contributed by atoms with E-state index in [-0.39, 0.29) is 12.1 Å². The van der Waals surface area contributed by atoms with E-state index in [1.165, 1.54) is 96.3 Å². The lowest BCUT2D eigenvalue weighted by molar-refractivity contribution is -0.148. The number of ether oxygens (including phenoxy) is 2. The van der Waals surface area contributed by atoms with Gasteiger partial charge in [0.25, 0.3) is 0 Å². The van der Waals surface area contributed by atoms with Crippen molar-refractivity contribution in [1.82, 2.24) is 0 Å². The van der Waals surface area contributed by atoms with E-state index in [1.807, 2.05) is 49.4 Å². The molecule has 0 aliphatic carbocycles. The molecule has 2 aromatic rings. The van der Waals surface area contributed by atoms with Gasteiger partial charge in [-0.1, -0.05) is 152 Å². The van der Waals surface area contributed by atoms with Gasteiger partial charge in [-0.2, -0.15) is 0 Å². The molecule has 0 bridgehead atoms. The van der Waals surface area contributed by atoms with Crippen LogP contribution in [0.1, 0.15) is 147 Å². The maximum atomic E-state index is 12.3. The molecule has 0 fully saturated rings. The van der Waals surface area contributed by atoms with E-state index >= 15 is 0 Å². The van der Waals surface area contributed by atoms with Crippen molar-refractivity contribution in [2.75, 3.05) is 0 Å². The molecule has 0 aromatic heterocycles. The van der Waals surface area contributed by atoms with E-state index in [0.29, 0.717) is 13.0 Å². The molecule has 3 nitrogen and oxygen atoms in total. The number of benzene rings is 2. The number of hydrogen-bond acceptors (Lipinski definition) is 3. The summed E-state index contributed by atoms with van der Waals surface area (Å²) in [5, 5.41) is 0. The number of hydrogen-bond donors (Lipinski definition) is 0. The molecule has 2 rings (SSSR count). The fraction of sp³-hybridized carbons (Fsp3) is 0.629. The standard InChI is InChI=1S/C35H54O3/c1-3-4-5-6-7-8-9-10-11-12-13-14-15-16-17-18-22-25-35(36)38-31(2)33-26-28-34(29-27-33)37-30-32-23-20-19-21-24-32/h19-21,23-24,26-29,31H,3-18,22,25,30H2,1-2H3. The van der Waals surface area contributed by atoms with Crippen molar-refractivity contribution in [2.24, 2.45) is 0 Å². The van der Waals surface area contributed by atoms with Crippen LogP contribution in [-0.4, -0.2) is 5.97 Å². The topological polar surface area (TPSA) is 35.5 Å². The summed E-state index contributed by atoms with van der Waals surface area (Å²) in [6, 6.07) is 18.0. The molecular weight excluding hydrogens is 468 g/mol. The van der Waals surface area contributed by atoms with Gasteiger partial charge in [0.2, 0.25) is 0 Å². The van der Waals surface area contributed by atoms with E-state index in [2.05, 4.69) is 19.1 Å². The van der Waals surface area contributed by atoms with E-state index in [0.717, 1.165) is 29.7 Å². The molecule has 0 radical (unpaired) electrons. The third-order valence-corrected chi connectivity index (χ3v) is 7.39. The van der Waals surface area contributed by atoms with E-state index in [9.17, 15) is 4.79 Å². The van der Waals surface area contributed by atoms with Crippen LogP contribution < -0.4 is 4.74 Å². The maximum absolute atomic E-state index is 12.3. The number of rotatable bonds is 23. The minimum absolute atomic E-state index is 0.0946. The van der Waals surface area contributed by atoms with Gasteiger partial charge in [0.15, 0.2) is 0 Å². The van der Waals surface area contributed by atoms with Crippen LogP contribution in [0.15, 0.2) is 54.6 Å². The number of carbonyl (C=O) groups is 1. The van der Waals surface area contributed by atoms with Crippen molar-refractivity contribution in [1.29, 1.82) is 0 Å². The van der Waals surface area contributed by atoms with Gasteiger partial charge in [-0.3, -0.25) is 4.79 Å². The Labute approximate surface area is 233 Å². The fourth-order valence-electron chi connectivity index (χ4n) is 4.89. The van der Waals surface area contributed by atoms with Crippen molar-refractivity contribution in [3.05, 3.63) is 65.7 Å². The van der Waals surface area contributed by atoms with Crippen molar-refractivity contribution >= 4 is 5.97 Å². The maximum Gasteiger partial charge on any atom is 0.306 e. The highest BCUT2D eigenvalue weighted by Crippen LogP contribution is 2.22. The van der Waals surface area contributed by atoms with Gasteiger partial charge >= 0.3 is 5.97 Å². The lowest BCUT2D eigenvalue weighted by Crippen LogP contribution is -2.08. The Morgan fingerprint density at radius 1 is 0.632 bits per heavy atom. The molecule has 3 heteroatoms. The van der Waals surface area contributed by atoms with Crippen LogP contribution >= 0.6 is 0 Å². The zero-order chi connectivity index (χ0) is 27.1. The minimum atomic E-state index is -0.239. The molecular formula is C35H54O3. The summed E-state index contributed by atoms with van der Waals surface area (Å²) < 4.78 is 11.5. The van der Waals surface area contributed by atoms with Gasteiger partial charge in [-0.15, -0.1) is 0 Å². The highest BCUT2D eigenvalue weighted by atomic mass is 16.5. The second-order valence-corrected chi connectivity index (χ2v) is 10.9. The molecule has 1 atom stereocenters. The van der Waals surface area contributed by atoms with Crippen LogP contribution in [0.4, 0.5) is 0 Å². The van der Waals surface area contributed by atoms with Gasteiger partial charge in [0.05, 0.1) is 0 Å². The summed E-state index contributed by atoms with van der Waals surface area (Å²) in [5.41, 5.74) is 2.14. The van der Waals surface area contributed by atoms with Gasteiger partial charge < -0.3 is 9.47 Å². The van der Waals surface area contributed by atoms with Gasteiger partial charge in [0.1, 0.15) is 18.5 Å². The molecule has 38 heavy (non-hydrogen) atoms. The normalized spacial score (nSPS) is 11.8. The van der Waals surface area contributed by atoms with Crippen LogP contribution in [0, 0.1) is 0 Å². The van der Waals surface area contributed by atoms with Crippen molar-refractivity contribution in [3.8, 4) is 5.75 Å². The highest BCUT2D eigenvalue weighted by molar-refractivity contribution is 5.69. The molecule has 0 N–H and O–H groups in total. The fourth-order valence-corrected chi connectivity index (χ4v) is 4.89. The third kappa shape index (κ3) is 15.8. The smallest absolute Gasteiger partial charge is 0.306 e. The summed E-state index contributed by atoms with van der Waals surface area (Å²) >= 11 is 0. The average molecular weight is 523 g/mol. The Bertz CT molecular complexity index is 815. The lowest BCUT2D eigenvalue weighted by Gasteiger charge is -2.14. The SMILES string of the molecule is CCCCCCCCCCCCCCCCCCCC(=O)OC(C)c1ccc(OCc2ccccc2)cc1. The Kier molecular flexibility index (Phi) is 18.2. The van der Waals surface area contributed by atoms with Crippen LogP contribution in [0.5, 0.6) is 5.75 Å². The number of carbonyl (C=O) groups excluding carboxylic acids is 1. The average Bonchev–Trinajstić information content (AvgIpc) is 2.94. The molecule has 0 aliphatic heterocycles. The Balaban J connectivity index is 1.40. The van der Waals surface area contributed by atoms with E-state index in [1.54, 1.807) is 0 Å². The largest absolute Gasteiger partial charge is 0.489 e. The summed E-state index contributed by atoms with van der Waals surface area (Å²) in [7, 11) is 0. The lowest BCUT2D eigenvalue weighted by atomic mass is 10.0. The Morgan fingerprint density at radius 2 is 1.11 bits per heavy atom. The van der Waals surface area contributed by atoms with Gasteiger partial charge in [-0.25, -0.2) is 0 Å². The first-order valence-corrected chi connectivity index (χ1v) is 15.6. The molecule has 0 spiro atoms. The number of unbranched alkanes of at least 4 members (excludes halogenated alkanes) is 16. The summed E-state index contributed by atoms with van der Waals surface area (Å²) in [5.74, 6) is 0.725. The highest BCUT2D eigenvalue weighted by Gasteiger charge is 2.11. The first-order chi connectivity index (χ1) is 18.7. The molecule has 0 heterocycles. The van der Waals surface area contributed by atoms with Crippen molar-refractivity contribution in [2.45, 2.75) is 142 Å². The predicted octanol–water partition coefficient (Wildman–Crippen LogP) is 10.9. The van der Waals surface area contributed by atoms with E-state index in [4.69, 9.17) is 9.47 Å². The molecule has 0 aliphatic rings. The molecule has 2 aromatic carbocycles. The van der Waals surface area contributed by atoms with Gasteiger partial charge in [0, 0.05) is 6.42 Å². The molecule has 0 saturated carbocycles.